The van der Waals surface area contributed by atoms with Gasteiger partial charge in [0.05, 0.1) is 14.8 Å². The molecule has 0 aromatic heterocycles. The minimum absolute atomic E-state index is 0.171. The smallest absolute Gasteiger partial charge is 0.0958 e. The Morgan fingerprint density at radius 3 is 1.83 bits per heavy atom. The predicted molar refractivity (Wildman–Crippen MR) is 85.1 cm³/mol. The van der Waals surface area contributed by atoms with Gasteiger partial charge in [0, 0.05) is 0 Å². The zero-order valence-electron chi connectivity index (χ0n) is 12.6. The molecule has 0 saturated heterocycles. The molecule has 1 rings (SSSR count). The van der Waals surface area contributed by atoms with E-state index in [-0.39, 0.29) is 5.29 Å². The van der Waals surface area contributed by atoms with E-state index in [1.54, 1.807) is 0 Å². The van der Waals surface area contributed by atoms with Crippen molar-refractivity contribution in [1.29, 1.82) is 0 Å². The number of benzene rings is 1. The lowest BCUT2D eigenvalue weighted by atomic mass is 10.1. The third kappa shape index (κ3) is 3.31. The van der Waals surface area contributed by atoms with E-state index in [1.807, 2.05) is 0 Å². The van der Waals surface area contributed by atoms with Gasteiger partial charge in [0.15, 0.2) is 0 Å². The van der Waals surface area contributed by atoms with Gasteiger partial charge in [-0.2, -0.15) is 0 Å². The summed E-state index contributed by atoms with van der Waals surface area (Å²) in [5.74, 6) is 0. The Hall–Kier alpha value is -0.903. The molecule has 0 aliphatic heterocycles. The molecule has 0 saturated carbocycles. The highest BCUT2D eigenvalue weighted by Crippen LogP contribution is 2.13. The van der Waals surface area contributed by atoms with Crippen LogP contribution in [0.15, 0.2) is 30.8 Å². The Morgan fingerprint density at radius 2 is 1.50 bits per heavy atom. The summed E-state index contributed by atoms with van der Waals surface area (Å²) in [6.07, 6.45) is 0. The molecule has 0 unspecified atom stereocenters. The standard InChI is InChI=1S/C15H26N2Si/c1-12(2)13-8-10-14(11-9-13)18-15(3,16(4)5)17(6)7/h8-11H,1,18H2,2-7H3. The third-order valence-corrected chi connectivity index (χ3v) is 6.73. The summed E-state index contributed by atoms with van der Waals surface area (Å²) >= 11 is 0. The molecule has 1 aromatic rings. The zero-order valence-corrected chi connectivity index (χ0v) is 14.0. The van der Waals surface area contributed by atoms with Crippen LogP contribution >= 0.6 is 0 Å². The van der Waals surface area contributed by atoms with Crippen LogP contribution in [-0.2, 0) is 0 Å². The molecule has 0 bridgehead atoms. The van der Waals surface area contributed by atoms with Crippen LogP contribution in [0.3, 0.4) is 0 Å². The topological polar surface area (TPSA) is 6.48 Å². The molecule has 0 amide bonds. The molecular formula is C15H26N2Si. The highest BCUT2D eigenvalue weighted by atomic mass is 28.2. The van der Waals surface area contributed by atoms with E-state index in [4.69, 9.17) is 0 Å². The van der Waals surface area contributed by atoms with Crippen LogP contribution < -0.4 is 5.19 Å². The lowest BCUT2D eigenvalue weighted by Gasteiger charge is -2.42. The monoisotopic (exact) mass is 262 g/mol. The summed E-state index contributed by atoms with van der Waals surface area (Å²) < 4.78 is 0. The number of hydrogen-bond acceptors (Lipinski definition) is 2. The van der Waals surface area contributed by atoms with Gasteiger partial charge in [-0.25, -0.2) is 0 Å². The molecule has 18 heavy (non-hydrogen) atoms. The van der Waals surface area contributed by atoms with Gasteiger partial charge in [-0.15, -0.1) is 0 Å². The first-order valence-corrected chi connectivity index (χ1v) is 7.78. The number of hydrogen-bond donors (Lipinski definition) is 0. The van der Waals surface area contributed by atoms with Crippen molar-refractivity contribution in [2.45, 2.75) is 19.1 Å². The first-order valence-electron chi connectivity index (χ1n) is 6.37. The Morgan fingerprint density at radius 1 is 1.06 bits per heavy atom. The fourth-order valence-corrected chi connectivity index (χ4v) is 3.89. The second kappa shape index (κ2) is 5.82. The maximum Gasteiger partial charge on any atom is 0.0958 e. The van der Waals surface area contributed by atoms with Crippen molar-refractivity contribution < 1.29 is 0 Å². The Balaban J connectivity index is 2.92. The van der Waals surface area contributed by atoms with Gasteiger partial charge in [0.1, 0.15) is 0 Å². The minimum atomic E-state index is -0.407. The molecular weight excluding hydrogens is 236 g/mol. The van der Waals surface area contributed by atoms with Crippen LogP contribution in [0.1, 0.15) is 19.4 Å². The summed E-state index contributed by atoms with van der Waals surface area (Å²) in [6, 6.07) is 8.91. The first kappa shape index (κ1) is 15.2. The molecule has 0 spiro atoms. The number of allylic oxidation sites excluding steroid dienone is 1. The molecule has 0 aliphatic rings. The van der Waals surface area contributed by atoms with E-state index in [9.17, 15) is 0 Å². The molecule has 0 aliphatic carbocycles. The maximum absolute atomic E-state index is 3.98. The number of rotatable bonds is 5. The SMILES string of the molecule is C=C(C)c1ccc([SiH2]C(C)(N(C)C)N(C)C)cc1. The van der Waals surface area contributed by atoms with E-state index in [0.29, 0.717) is 0 Å². The van der Waals surface area contributed by atoms with E-state index in [0.717, 1.165) is 5.57 Å². The van der Waals surface area contributed by atoms with Crippen LogP contribution in [0, 0.1) is 0 Å². The van der Waals surface area contributed by atoms with Gasteiger partial charge in [0.2, 0.25) is 0 Å². The first-order chi connectivity index (χ1) is 8.27. The Bertz CT molecular complexity index is 399. The summed E-state index contributed by atoms with van der Waals surface area (Å²) in [6.45, 7) is 8.36. The van der Waals surface area contributed by atoms with Crippen molar-refractivity contribution in [1.82, 2.24) is 9.80 Å². The summed E-state index contributed by atoms with van der Waals surface area (Å²) in [7, 11) is 8.24. The van der Waals surface area contributed by atoms with Crippen molar-refractivity contribution in [3.05, 3.63) is 36.4 Å². The molecule has 0 heterocycles. The van der Waals surface area contributed by atoms with Crippen LogP contribution in [0.5, 0.6) is 0 Å². The predicted octanol–water partition coefficient (Wildman–Crippen LogP) is 1.31. The fraction of sp³-hybridized carbons (Fsp3) is 0.467. The van der Waals surface area contributed by atoms with Crippen LogP contribution in [-0.4, -0.2) is 52.8 Å². The summed E-state index contributed by atoms with van der Waals surface area (Å²) in [5, 5.41) is 1.66. The summed E-state index contributed by atoms with van der Waals surface area (Å²) in [5.41, 5.74) is 2.37. The van der Waals surface area contributed by atoms with Gasteiger partial charge in [-0.3, -0.25) is 9.80 Å². The average molecular weight is 262 g/mol. The Labute approximate surface area is 114 Å². The normalized spacial score (nSPS) is 12.9. The molecule has 3 heteroatoms. The van der Waals surface area contributed by atoms with E-state index < -0.39 is 9.52 Å². The van der Waals surface area contributed by atoms with Gasteiger partial charge in [-0.05, 0) is 47.6 Å². The van der Waals surface area contributed by atoms with E-state index in [2.05, 4.69) is 82.7 Å². The lowest BCUT2D eigenvalue weighted by molar-refractivity contribution is 0.101. The van der Waals surface area contributed by atoms with Crippen molar-refractivity contribution in [2.75, 3.05) is 28.2 Å². The molecule has 0 fully saturated rings. The molecule has 1 aromatic carbocycles. The number of nitrogens with zero attached hydrogens (tertiary/aromatic N) is 2. The van der Waals surface area contributed by atoms with Crippen molar-refractivity contribution in [3.8, 4) is 0 Å². The van der Waals surface area contributed by atoms with Crippen molar-refractivity contribution in [3.63, 3.8) is 0 Å². The molecule has 0 radical (unpaired) electrons. The highest BCUT2D eigenvalue weighted by Gasteiger charge is 2.29. The highest BCUT2D eigenvalue weighted by molar-refractivity contribution is 6.56. The van der Waals surface area contributed by atoms with Crippen LogP contribution in [0.2, 0.25) is 0 Å². The van der Waals surface area contributed by atoms with E-state index in [1.165, 1.54) is 10.8 Å². The van der Waals surface area contributed by atoms with Crippen LogP contribution in [0.4, 0.5) is 0 Å². The maximum atomic E-state index is 3.98. The second-order valence-electron chi connectivity index (χ2n) is 5.66. The molecule has 0 atom stereocenters. The molecule has 100 valence electrons. The van der Waals surface area contributed by atoms with Gasteiger partial charge >= 0.3 is 0 Å². The minimum Gasteiger partial charge on any atom is -0.295 e. The largest absolute Gasteiger partial charge is 0.295 e. The van der Waals surface area contributed by atoms with Crippen LogP contribution in [0.25, 0.3) is 5.57 Å². The van der Waals surface area contributed by atoms with Gasteiger partial charge < -0.3 is 0 Å². The van der Waals surface area contributed by atoms with E-state index >= 15 is 0 Å². The molecule has 2 nitrogen and oxygen atoms in total. The zero-order chi connectivity index (χ0) is 13.9. The average Bonchev–Trinajstić information content (AvgIpc) is 2.29. The molecule has 0 N–H and O–H groups in total. The van der Waals surface area contributed by atoms with Gasteiger partial charge in [-0.1, -0.05) is 41.6 Å². The Kier molecular flexibility index (Phi) is 4.90. The third-order valence-electron chi connectivity index (χ3n) is 3.91. The quantitative estimate of drug-likeness (QED) is 0.583. The van der Waals surface area contributed by atoms with Crippen molar-refractivity contribution >= 4 is 20.3 Å². The fourth-order valence-electron chi connectivity index (χ4n) is 2.01. The summed E-state index contributed by atoms with van der Waals surface area (Å²) in [4.78, 5) is 4.65. The van der Waals surface area contributed by atoms with Crippen molar-refractivity contribution in [2.24, 2.45) is 0 Å². The lowest BCUT2D eigenvalue weighted by Crippen LogP contribution is -2.60. The second-order valence-corrected chi connectivity index (χ2v) is 8.17. The van der Waals surface area contributed by atoms with Gasteiger partial charge in [0.25, 0.3) is 0 Å².